The Hall–Kier alpha value is -2.18. The second-order valence-electron chi connectivity index (χ2n) is 5.53. The number of aromatic nitrogens is 1. The van der Waals surface area contributed by atoms with Crippen LogP contribution in [-0.2, 0) is 4.79 Å². The first-order valence-electron chi connectivity index (χ1n) is 7.94. The minimum Gasteiger partial charge on any atom is -0.494 e. The first-order chi connectivity index (χ1) is 12.1. The number of hydrogen-bond donors (Lipinski definition) is 0. The van der Waals surface area contributed by atoms with Crippen LogP contribution in [-0.4, -0.2) is 33.8 Å². The lowest BCUT2D eigenvalue weighted by Crippen LogP contribution is -2.28. The molecule has 2 heterocycles. The molecule has 4 nitrogen and oxygen atoms in total. The normalized spacial score (nSPS) is 16.0. The average Bonchev–Trinajstić information content (AvgIpc) is 2.88. The number of amides is 1. The van der Waals surface area contributed by atoms with E-state index in [1.807, 2.05) is 36.4 Å². The molecule has 1 fully saturated rings. The molecule has 0 radical (unpaired) electrons. The molecule has 0 aliphatic carbocycles. The molecule has 0 unspecified atom stereocenters. The highest BCUT2D eigenvalue weighted by atomic mass is 32.2. The van der Waals surface area contributed by atoms with Crippen molar-refractivity contribution in [2.45, 2.75) is 12.8 Å². The van der Waals surface area contributed by atoms with Gasteiger partial charge in [-0.1, -0.05) is 48.3 Å². The van der Waals surface area contributed by atoms with E-state index in [9.17, 15) is 4.79 Å². The molecule has 6 heteroatoms. The smallest absolute Gasteiger partial charge is 0.266 e. The molecule has 1 saturated heterocycles. The lowest BCUT2D eigenvalue weighted by molar-refractivity contribution is -0.122. The van der Waals surface area contributed by atoms with Gasteiger partial charge in [-0.05, 0) is 31.1 Å². The van der Waals surface area contributed by atoms with Gasteiger partial charge in [0, 0.05) is 11.9 Å². The Morgan fingerprint density at radius 1 is 1.36 bits per heavy atom. The standard InChI is InChI=1S/C19H18N2O2S2/c1-3-4-5-11-21-18(22)16(25-19(21)24)12-14-10-9-13-7-6-8-15(23-2)17(13)20-14/h3,6-10,12H,1,4-5,11H2,2H3/b16-12-. The lowest BCUT2D eigenvalue weighted by atomic mass is 10.2. The Morgan fingerprint density at radius 3 is 2.96 bits per heavy atom. The van der Waals surface area contributed by atoms with Crippen LogP contribution in [0.25, 0.3) is 17.0 Å². The Labute approximate surface area is 156 Å². The molecule has 1 amide bonds. The SMILES string of the molecule is C=CCCCN1C(=O)/C(=C/c2ccc3cccc(OC)c3n2)SC1=S. The average molecular weight is 370 g/mol. The molecule has 1 aromatic carbocycles. The molecule has 1 aromatic heterocycles. The number of unbranched alkanes of at least 4 members (excludes halogenated alkanes) is 1. The van der Waals surface area contributed by atoms with Crippen molar-refractivity contribution in [2.75, 3.05) is 13.7 Å². The first-order valence-corrected chi connectivity index (χ1v) is 9.16. The molecule has 0 saturated carbocycles. The highest BCUT2D eigenvalue weighted by Crippen LogP contribution is 2.33. The van der Waals surface area contributed by atoms with Gasteiger partial charge in [-0.2, -0.15) is 0 Å². The minimum absolute atomic E-state index is 0.0546. The summed E-state index contributed by atoms with van der Waals surface area (Å²) in [7, 11) is 1.62. The summed E-state index contributed by atoms with van der Waals surface area (Å²) in [6.07, 6.45) is 5.36. The number of methoxy groups -OCH3 is 1. The van der Waals surface area contributed by atoms with E-state index in [0.717, 1.165) is 23.7 Å². The summed E-state index contributed by atoms with van der Waals surface area (Å²) in [6, 6.07) is 9.65. The molecule has 0 spiro atoms. The predicted molar refractivity (Wildman–Crippen MR) is 108 cm³/mol. The Morgan fingerprint density at radius 2 is 2.20 bits per heavy atom. The van der Waals surface area contributed by atoms with Gasteiger partial charge in [0.15, 0.2) is 0 Å². The first kappa shape index (κ1) is 17.6. The zero-order chi connectivity index (χ0) is 17.8. The van der Waals surface area contributed by atoms with Crippen molar-refractivity contribution in [3.63, 3.8) is 0 Å². The number of benzene rings is 1. The van der Waals surface area contributed by atoms with Crippen molar-refractivity contribution in [1.82, 2.24) is 9.88 Å². The second-order valence-corrected chi connectivity index (χ2v) is 7.21. The Bertz CT molecular complexity index is 877. The number of rotatable bonds is 6. The van der Waals surface area contributed by atoms with Gasteiger partial charge in [0.1, 0.15) is 15.6 Å². The van der Waals surface area contributed by atoms with Crippen LogP contribution in [0, 0.1) is 0 Å². The van der Waals surface area contributed by atoms with Gasteiger partial charge in [0.2, 0.25) is 0 Å². The molecular formula is C19H18N2O2S2. The molecule has 2 aromatic rings. The molecule has 1 aliphatic rings. The van der Waals surface area contributed by atoms with Crippen molar-refractivity contribution in [2.24, 2.45) is 0 Å². The number of allylic oxidation sites excluding steroid dienone is 1. The monoisotopic (exact) mass is 370 g/mol. The van der Waals surface area contributed by atoms with E-state index in [4.69, 9.17) is 17.0 Å². The Kier molecular flexibility index (Phi) is 5.50. The Balaban J connectivity index is 1.88. The van der Waals surface area contributed by atoms with Crippen molar-refractivity contribution in [1.29, 1.82) is 0 Å². The van der Waals surface area contributed by atoms with Crippen LogP contribution >= 0.6 is 24.0 Å². The number of thioether (sulfide) groups is 1. The van der Waals surface area contributed by atoms with Crippen LogP contribution in [0.2, 0.25) is 0 Å². The minimum atomic E-state index is -0.0546. The number of nitrogens with zero attached hydrogens (tertiary/aromatic N) is 2. The summed E-state index contributed by atoms with van der Waals surface area (Å²) < 4.78 is 5.97. The molecule has 3 rings (SSSR count). The number of ether oxygens (including phenoxy) is 1. The van der Waals surface area contributed by atoms with Crippen LogP contribution in [0.5, 0.6) is 5.75 Å². The number of fused-ring (bicyclic) bond motifs is 1. The van der Waals surface area contributed by atoms with Crippen LogP contribution in [0.1, 0.15) is 18.5 Å². The summed E-state index contributed by atoms with van der Waals surface area (Å²) in [6.45, 7) is 4.32. The maximum atomic E-state index is 12.6. The maximum absolute atomic E-state index is 12.6. The number of thiocarbonyl (C=S) groups is 1. The van der Waals surface area contributed by atoms with E-state index < -0.39 is 0 Å². The predicted octanol–water partition coefficient (Wildman–Crippen LogP) is 4.41. The quantitative estimate of drug-likeness (QED) is 0.326. The molecule has 1 aliphatic heterocycles. The van der Waals surface area contributed by atoms with Gasteiger partial charge in [-0.3, -0.25) is 9.69 Å². The molecule has 0 N–H and O–H groups in total. The van der Waals surface area contributed by atoms with E-state index in [1.165, 1.54) is 11.8 Å². The molecule has 128 valence electrons. The highest BCUT2D eigenvalue weighted by Gasteiger charge is 2.31. The van der Waals surface area contributed by atoms with E-state index in [2.05, 4.69) is 11.6 Å². The maximum Gasteiger partial charge on any atom is 0.266 e. The highest BCUT2D eigenvalue weighted by molar-refractivity contribution is 8.26. The van der Waals surface area contributed by atoms with Gasteiger partial charge in [0.25, 0.3) is 5.91 Å². The summed E-state index contributed by atoms with van der Waals surface area (Å²) in [5, 5.41) is 0.994. The third-order valence-corrected chi connectivity index (χ3v) is 5.24. The van der Waals surface area contributed by atoms with E-state index >= 15 is 0 Å². The van der Waals surface area contributed by atoms with Crippen molar-refractivity contribution in [3.8, 4) is 5.75 Å². The van der Waals surface area contributed by atoms with Gasteiger partial charge >= 0.3 is 0 Å². The zero-order valence-corrected chi connectivity index (χ0v) is 15.5. The van der Waals surface area contributed by atoms with Crippen molar-refractivity contribution < 1.29 is 9.53 Å². The number of hydrogen-bond acceptors (Lipinski definition) is 5. The molecule has 25 heavy (non-hydrogen) atoms. The van der Waals surface area contributed by atoms with Gasteiger partial charge in [-0.25, -0.2) is 4.98 Å². The summed E-state index contributed by atoms with van der Waals surface area (Å²) >= 11 is 6.66. The largest absolute Gasteiger partial charge is 0.494 e. The summed E-state index contributed by atoms with van der Waals surface area (Å²) in [5.74, 6) is 0.658. The van der Waals surface area contributed by atoms with E-state index in [0.29, 0.717) is 27.2 Å². The number of pyridine rings is 1. The second kappa shape index (κ2) is 7.80. The fourth-order valence-corrected chi connectivity index (χ4v) is 3.89. The zero-order valence-electron chi connectivity index (χ0n) is 13.9. The van der Waals surface area contributed by atoms with Crippen LogP contribution in [0.3, 0.4) is 0 Å². The third-order valence-electron chi connectivity index (χ3n) is 3.87. The van der Waals surface area contributed by atoms with Crippen molar-refractivity contribution >= 4 is 51.2 Å². The fraction of sp³-hybridized carbons (Fsp3) is 0.211. The lowest BCUT2D eigenvalue weighted by Gasteiger charge is -2.13. The molecule has 0 atom stereocenters. The third kappa shape index (κ3) is 3.75. The van der Waals surface area contributed by atoms with Crippen molar-refractivity contribution in [3.05, 3.63) is 53.6 Å². The molecular weight excluding hydrogens is 352 g/mol. The van der Waals surface area contributed by atoms with Crippen LogP contribution < -0.4 is 4.74 Å². The fourth-order valence-electron chi connectivity index (χ4n) is 2.60. The van der Waals surface area contributed by atoms with E-state index in [1.54, 1.807) is 18.1 Å². The topological polar surface area (TPSA) is 42.4 Å². The summed E-state index contributed by atoms with van der Waals surface area (Å²) in [4.78, 5) is 19.5. The number of carbonyl (C=O) groups is 1. The molecule has 0 bridgehead atoms. The van der Waals surface area contributed by atoms with Gasteiger partial charge < -0.3 is 4.74 Å². The van der Waals surface area contributed by atoms with Gasteiger partial charge in [-0.15, -0.1) is 6.58 Å². The van der Waals surface area contributed by atoms with Gasteiger partial charge in [0.05, 0.1) is 17.7 Å². The summed E-state index contributed by atoms with van der Waals surface area (Å²) in [5.41, 5.74) is 1.49. The van der Waals surface area contributed by atoms with Crippen LogP contribution in [0.4, 0.5) is 0 Å². The number of carbonyl (C=O) groups excluding carboxylic acids is 1. The van der Waals surface area contributed by atoms with Crippen LogP contribution in [0.15, 0.2) is 47.9 Å². The van der Waals surface area contributed by atoms with E-state index in [-0.39, 0.29) is 5.91 Å². The number of para-hydroxylation sites is 1.